The Morgan fingerprint density at radius 3 is 2.42 bits per heavy atom. The van der Waals surface area contributed by atoms with Crippen molar-refractivity contribution in [3.05, 3.63) is 23.9 Å². The summed E-state index contributed by atoms with van der Waals surface area (Å²) in [7, 11) is 0. The first-order chi connectivity index (χ1) is 8.99. The molecule has 19 heavy (non-hydrogen) atoms. The first-order valence-corrected chi connectivity index (χ1v) is 6.96. The second-order valence-corrected chi connectivity index (χ2v) is 5.20. The second kappa shape index (κ2) is 7.12. The molecule has 4 heteroatoms. The number of aromatic nitrogens is 1. The summed E-state index contributed by atoms with van der Waals surface area (Å²) in [4.78, 5) is 17.5. The largest absolute Gasteiger partial charge is 0.477 e. The van der Waals surface area contributed by atoms with Gasteiger partial charge in [-0.25, -0.2) is 9.78 Å². The molecule has 0 saturated carbocycles. The molecule has 1 aromatic heterocycles. The Hall–Kier alpha value is -1.58. The van der Waals surface area contributed by atoms with Crippen LogP contribution in [0.2, 0.25) is 0 Å². The van der Waals surface area contributed by atoms with Gasteiger partial charge in [-0.2, -0.15) is 0 Å². The van der Waals surface area contributed by atoms with Crippen molar-refractivity contribution in [2.45, 2.75) is 46.6 Å². The zero-order chi connectivity index (χ0) is 14.4. The molecule has 1 heterocycles. The smallest absolute Gasteiger partial charge is 0.354 e. The van der Waals surface area contributed by atoms with Crippen molar-refractivity contribution in [2.24, 2.45) is 5.92 Å². The minimum Gasteiger partial charge on any atom is -0.477 e. The van der Waals surface area contributed by atoms with Gasteiger partial charge in [0.2, 0.25) is 0 Å². The standard InChI is InChI=1S/C15H24N2O2/c1-5-12(6-2)17(10-11(3)4)14-9-7-8-13(16-14)15(18)19/h7-9,11-12H,5-6,10H2,1-4H3,(H,18,19). The third kappa shape index (κ3) is 4.23. The Balaban J connectivity index is 3.08. The predicted molar refractivity (Wildman–Crippen MR) is 77.8 cm³/mol. The van der Waals surface area contributed by atoms with Gasteiger partial charge in [0.05, 0.1) is 0 Å². The highest BCUT2D eigenvalue weighted by Crippen LogP contribution is 2.20. The van der Waals surface area contributed by atoms with Crippen molar-refractivity contribution in [3.63, 3.8) is 0 Å². The van der Waals surface area contributed by atoms with Crippen LogP contribution in [0.1, 0.15) is 51.0 Å². The fourth-order valence-corrected chi connectivity index (χ4v) is 2.25. The van der Waals surface area contributed by atoms with Gasteiger partial charge in [-0.1, -0.05) is 33.8 Å². The number of carboxylic acids is 1. The number of pyridine rings is 1. The monoisotopic (exact) mass is 264 g/mol. The topological polar surface area (TPSA) is 53.4 Å². The Morgan fingerprint density at radius 1 is 1.32 bits per heavy atom. The molecule has 0 bridgehead atoms. The Morgan fingerprint density at radius 2 is 1.95 bits per heavy atom. The molecule has 0 saturated heterocycles. The maximum absolute atomic E-state index is 11.0. The Bertz CT molecular complexity index is 414. The van der Waals surface area contributed by atoms with Gasteiger partial charge in [0.1, 0.15) is 5.82 Å². The van der Waals surface area contributed by atoms with Crippen LogP contribution in [0.5, 0.6) is 0 Å². The van der Waals surface area contributed by atoms with Crippen LogP contribution in [0, 0.1) is 5.92 Å². The maximum atomic E-state index is 11.0. The second-order valence-electron chi connectivity index (χ2n) is 5.20. The molecule has 0 aliphatic heterocycles. The summed E-state index contributed by atoms with van der Waals surface area (Å²) in [6.45, 7) is 9.53. The van der Waals surface area contributed by atoms with Crippen LogP contribution in [0.4, 0.5) is 5.82 Å². The van der Waals surface area contributed by atoms with E-state index in [1.807, 2.05) is 6.07 Å². The molecule has 0 fully saturated rings. The van der Waals surface area contributed by atoms with Gasteiger partial charge >= 0.3 is 5.97 Å². The van der Waals surface area contributed by atoms with Crippen molar-refractivity contribution in [3.8, 4) is 0 Å². The Labute approximate surface area is 115 Å². The molecule has 106 valence electrons. The highest BCUT2D eigenvalue weighted by molar-refractivity contribution is 5.85. The van der Waals surface area contributed by atoms with Crippen molar-refractivity contribution in [2.75, 3.05) is 11.4 Å². The molecule has 0 aliphatic carbocycles. The van der Waals surface area contributed by atoms with Crippen LogP contribution in [0.3, 0.4) is 0 Å². The lowest BCUT2D eigenvalue weighted by molar-refractivity contribution is 0.0690. The fraction of sp³-hybridized carbons (Fsp3) is 0.600. The van der Waals surface area contributed by atoms with E-state index in [4.69, 9.17) is 5.11 Å². The van der Waals surface area contributed by atoms with Crippen molar-refractivity contribution in [1.29, 1.82) is 0 Å². The Kier molecular flexibility index (Phi) is 5.80. The van der Waals surface area contributed by atoms with Crippen LogP contribution >= 0.6 is 0 Å². The number of hydrogen-bond acceptors (Lipinski definition) is 3. The van der Waals surface area contributed by atoms with Gasteiger partial charge in [0.15, 0.2) is 5.69 Å². The lowest BCUT2D eigenvalue weighted by Crippen LogP contribution is -2.38. The molecule has 0 unspecified atom stereocenters. The zero-order valence-electron chi connectivity index (χ0n) is 12.3. The van der Waals surface area contributed by atoms with Crippen LogP contribution in [-0.2, 0) is 0 Å². The summed E-state index contributed by atoms with van der Waals surface area (Å²) in [5.41, 5.74) is 0.109. The van der Waals surface area contributed by atoms with Gasteiger partial charge in [-0.3, -0.25) is 0 Å². The number of hydrogen-bond donors (Lipinski definition) is 1. The number of carboxylic acid groups (broad SMARTS) is 1. The first kappa shape index (κ1) is 15.5. The zero-order valence-corrected chi connectivity index (χ0v) is 12.3. The van der Waals surface area contributed by atoms with Crippen molar-refractivity contribution in [1.82, 2.24) is 4.98 Å². The molecule has 0 aliphatic rings. The van der Waals surface area contributed by atoms with Gasteiger partial charge in [0, 0.05) is 12.6 Å². The van der Waals surface area contributed by atoms with Gasteiger partial charge in [-0.05, 0) is 30.9 Å². The highest BCUT2D eigenvalue weighted by atomic mass is 16.4. The SMILES string of the molecule is CCC(CC)N(CC(C)C)c1cccc(C(=O)O)n1. The molecule has 1 rings (SSSR count). The summed E-state index contributed by atoms with van der Waals surface area (Å²) >= 11 is 0. The average Bonchev–Trinajstić information content (AvgIpc) is 2.38. The van der Waals surface area contributed by atoms with E-state index < -0.39 is 5.97 Å². The molecule has 0 atom stereocenters. The molecule has 0 spiro atoms. The lowest BCUT2D eigenvalue weighted by atomic mass is 10.1. The van der Waals surface area contributed by atoms with E-state index in [-0.39, 0.29) is 5.69 Å². The highest BCUT2D eigenvalue weighted by Gasteiger charge is 2.19. The van der Waals surface area contributed by atoms with E-state index in [1.54, 1.807) is 6.07 Å². The van der Waals surface area contributed by atoms with Crippen LogP contribution < -0.4 is 4.90 Å². The average molecular weight is 264 g/mol. The van der Waals surface area contributed by atoms with E-state index in [2.05, 4.69) is 37.6 Å². The van der Waals surface area contributed by atoms with Crippen molar-refractivity contribution >= 4 is 11.8 Å². The van der Waals surface area contributed by atoms with E-state index in [0.29, 0.717) is 12.0 Å². The summed E-state index contributed by atoms with van der Waals surface area (Å²) < 4.78 is 0. The summed E-state index contributed by atoms with van der Waals surface area (Å²) in [6.07, 6.45) is 2.06. The number of anilines is 1. The third-order valence-electron chi connectivity index (χ3n) is 3.19. The summed E-state index contributed by atoms with van der Waals surface area (Å²) in [5, 5.41) is 9.04. The quantitative estimate of drug-likeness (QED) is 0.819. The van der Waals surface area contributed by atoms with Crippen molar-refractivity contribution < 1.29 is 9.90 Å². The molecule has 0 aromatic carbocycles. The molecule has 0 amide bonds. The van der Waals surface area contributed by atoms with E-state index in [1.165, 1.54) is 6.07 Å². The number of rotatable bonds is 7. The first-order valence-electron chi connectivity index (χ1n) is 6.96. The lowest BCUT2D eigenvalue weighted by Gasteiger charge is -2.33. The van der Waals surface area contributed by atoms with Gasteiger partial charge in [-0.15, -0.1) is 0 Å². The minimum absolute atomic E-state index is 0.109. The maximum Gasteiger partial charge on any atom is 0.354 e. The van der Waals surface area contributed by atoms with Crippen LogP contribution in [0.15, 0.2) is 18.2 Å². The van der Waals surface area contributed by atoms with E-state index in [9.17, 15) is 4.79 Å². The molecule has 1 aromatic rings. The van der Waals surface area contributed by atoms with Crippen LogP contribution in [-0.4, -0.2) is 28.6 Å². The molecular weight excluding hydrogens is 240 g/mol. The fourth-order valence-electron chi connectivity index (χ4n) is 2.25. The van der Waals surface area contributed by atoms with Gasteiger partial charge < -0.3 is 10.0 Å². The molecular formula is C15H24N2O2. The van der Waals surface area contributed by atoms with Crippen LogP contribution in [0.25, 0.3) is 0 Å². The normalized spacial score (nSPS) is 11.1. The molecule has 4 nitrogen and oxygen atoms in total. The van der Waals surface area contributed by atoms with E-state index >= 15 is 0 Å². The number of aromatic carboxylic acids is 1. The third-order valence-corrected chi connectivity index (χ3v) is 3.19. The van der Waals surface area contributed by atoms with Gasteiger partial charge in [0.25, 0.3) is 0 Å². The predicted octanol–water partition coefficient (Wildman–Crippen LogP) is 3.43. The number of nitrogens with zero attached hydrogens (tertiary/aromatic N) is 2. The summed E-state index contributed by atoms with van der Waals surface area (Å²) in [5.74, 6) is 0.300. The minimum atomic E-state index is -0.976. The number of carbonyl (C=O) groups is 1. The molecule has 0 radical (unpaired) electrons. The molecule has 1 N–H and O–H groups in total. The summed E-state index contributed by atoms with van der Waals surface area (Å²) in [6, 6.07) is 5.60. The van der Waals surface area contributed by atoms with E-state index in [0.717, 1.165) is 25.2 Å².